The zero-order valence-electron chi connectivity index (χ0n) is 13.3. The van der Waals surface area contributed by atoms with E-state index in [2.05, 4.69) is 20.4 Å². The fourth-order valence-electron chi connectivity index (χ4n) is 3.70. The highest BCUT2D eigenvalue weighted by Gasteiger charge is 2.39. The van der Waals surface area contributed by atoms with E-state index in [4.69, 9.17) is 5.73 Å². The maximum absolute atomic E-state index is 12.8. The van der Waals surface area contributed by atoms with Crippen LogP contribution >= 0.6 is 11.3 Å². The van der Waals surface area contributed by atoms with Crippen molar-refractivity contribution < 1.29 is 4.79 Å². The first kappa shape index (κ1) is 15.7. The average Bonchev–Trinajstić information content (AvgIpc) is 2.94. The Balaban J connectivity index is 1.70. The van der Waals surface area contributed by atoms with E-state index in [-0.39, 0.29) is 11.8 Å². The van der Waals surface area contributed by atoms with Gasteiger partial charge in [0.25, 0.3) is 0 Å². The van der Waals surface area contributed by atoms with Gasteiger partial charge >= 0.3 is 0 Å². The number of amides is 1. The number of nitrogens with two attached hydrogens (primary N) is 1. The first-order chi connectivity index (χ1) is 10.5. The first-order valence-electron chi connectivity index (χ1n) is 8.13. The molecule has 2 aliphatic heterocycles. The summed E-state index contributed by atoms with van der Waals surface area (Å²) in [6, 6.07) is 0.415. The van der Waals surface area contributed by atoms with E-state index in [1.807, 2.05) is 13.8 Å². The van der Waals surface area contributed by atoms with Crippen molar-refractivity contribution in [3.63, 3.8) is 0 Å². The number of aromatic nitrogens is 2. The lowest BCUT2D eigenvalue weighted by Gasteiger charge is -2.44. The third-order valence-corrected chi connectivity index (χ3v) is 5.91. The molecule has 0 radical (unpaired) electrons. The fraction of sp³-hybridized carbons (Fsp3) is 0.800. The Hall–Kier alpha value is -1.21. The van der Waals surface area contributed by atoms with Crippen LogP contribution in [0.2, 0.25) is 0 Å². The topological polar surface area (TPSA) is 84.1 Å². The minimum Gasteiger partial charge on any atom is -0.374 e. The highest BCUT2D eigenvalue weighted by Crippen LogP contribution is 2.32. The number of nitrogens with one attached hydrogen (secondary N) is 1. The van der Waals surface area contributed by atoms with Gasteiger partial charge in [-0.15, -0.1) is 10.2 Å². The van der Waals surface area contributed by atoms with Crippen LogP contribution in [0.25, 0.3) is 0 Å². The molecule has 2 fully saturated rings. The number of carbonyl (C=O) groups excluding carboxylic acids is 1. The smallest absolute Gasteiger partial charge is 0.225 e. The van der Waals surface area contributed by atoms with Gasteiger partial charge in [0.1, 0.15) is 5.01 Å². The summed E-state index contributed by atoms with van der Waals surface area (Å²) in [4.78, 5) is 15.3. The molecule has 6 nitrogen and oxygen atoms in total. The number of hydrogen-bond donors (Lipinski definition) is 2. The second kappa shape index (κ2) is 6.12. The minimum absolute atomic E-state index is 0.0959. The third-order valence-electron chi connectivity index (χ3n) is 4.84. The summed E-state index contributed by atoms with van der Waals surface area (Å²) < 4.78 is 0. The van der Waals surface area contributed by atoms with Crippen LogP contribution in [0.4, 0.5) is 5.13 Å². The van der Waals surface area contributed by atoms with Crippen LogP contribution in [0.1, 0.15) is 51.0 Å². The molecule has 2 aliphatic rings. The molecule has 1 amide bonds. The van der Waals surface area contributed by atoms with Gasteiger partial charge < -0.3 is 11.1 Å². The predicted molar refractivity (Wildman–Crippen MR) is 87.4 cm³/mol. The quantitative estimate of drug-likeness (QED) is 0.885. The number of hydrogen-bond acceptors (Lipinski definition) is 6. The zero-order chi connectivity index (χ0) is 15.7. The van der Waals surface area contributed by atoms with Gasteiger partial charge in [-0.05, 0) is 52.6 Å². The molecule has 22 heavy (non-hydrogen) atoms. The largest absolute Gasteiger partial charge is 0.374 e. The van der Waals surface area contributed by atoms with Crippen molar-refractivity contribution in [1.29, 1.82) is 0 Å². The van der Waals surface area contributed by atoms with Gasteiger partial charge in [0.05, 0.1) is 11.5 Å². The van der Waals surface area contributed by atoms with Crippen LogP contribution < -0.4 is 11.1 Å². The van der Waals surface area contributed by atoms with Gasteiger partial charge in [-0.3, -0.25) is 9.69 Å². The van der Waals surface area contributed by atoms with Crippen LogP contribution in [-0.4, -0.2) is 40.1 Å². The van der Waals surface area contributed by atoms with Crippen LogP contribution in [0, 0.1) is 5.92 Å². The van der Waals surface area contributed by atoms with Crippen LogP contribution in [0.5, 0.6) is 0 Å². The monoisotopic (exact) mass is 323 g/mol. The standard InChI is InChI=1S/C15H25N5OS/c1-15(2,13-18-19-14(16)22-13)17-12(21)10-6-5-9-20-8-4-3-7-11(10)20/h10-11H,3-9H2,1-2H3,(H2,16,19)(H,17,21)/t10-,11-/m1/s1. The SMILES string of the molecule is CC(C)(NC(=O)[C@@H]1CCCN2CCCC[C@H]12)c1nnc(N)s1. The van der Waals surface area contributed by atoms with Gasteiger partial charge in [-0.2, -0.15) is 0 Å². The molecule has 0 bridgehead atoms. The maximum atomic E-state index is 12.8. The summed E-state index contributed by atoms with van der Waals surface area (Å²) in [5.41, 5.74) is 5.14. The molecule has 0 aromatic carbocycles. The van der Waals surface area contributed by atoms with Gasteiger partial charge in [0, 0.05) is 6.04 Å². The third kappa shape index (κ3) is 3.10. The fourth-order valence-corrected chi connectivity index (χ4v) is 4.37. The molecule has 1 aromatic rings. The number of nitrogen functional groups attached to an aromatic ring is 1. The number of nitrogens with zero attached hydrogens (tertiary/aromatic N) is 3. The molecule has 7 heteroatoms. The highest BCUT2D eigenvalue weighted by atomic mass is 32.1. The average molecular weight is 323 g/mol. The molecule has 3 rings (SSSR count). The molecule has 0 unspecified atom stereocenters. The lowest BCUT2D eigenvalue weighted by atomic mass is 9.82. The van der Waals surface area contributed by atoms with E-state index < -0.39 is 5.54 Å². The Morgan fingerprint density at radius 1 is 1.27 bits per heavy atom. The molecule has 122 valence electrons. The maximum Gasteiger partial charge on any atom is 0.225 e. The number of fused-ring (bicyclic) bond motifs is 1. The molecule has 0 aliphatic carbocycles. The van der Waals surface area contributed by atoms with Crippen molar-refractivity contribution in [1.82, 2.24) is 20.4 Å². The molecular weight excluding hydrogens is 298 g/mol. The Bertz CT molecular complexity index is 542. The Labute approximate surface area is 135 Å². The van der Waals surface area contributed by atoms with Crippen molar-refractivity contribution in [3.8, 4) is 0 Å². The summed E-state index contributed by atoms with van der Waals surface area (Å²) in [5.74, 6) is 0.244. The van der Waals surface area contributed by atoms with E-state index in [0.717, 1.165) is 37.4 Å². The van der Waals surface area contributed by atoms with Crippen LogP contribution in [0.15, 0.2) is 0 Å². The van der Waals surface area contributed by atoms with Crippen LogP contribution in [-0.2, 0) is 10.3 Å². The Morgan fingerprint density at radius 3 is 2.77 bits per heavy atom. The summed E-state index contributed by atoms with van der Waals surface area (Å²) in [5, 5.41) is 12.3. The second-order valence-corrected chi connectivity index (χ2v) is 7.92. The van der Waals surface area contributed by atoms with E-state index in [1.165, 1.54) is 24.2 Å². The number of rotatable bonds is 3. The molecular formula is C15H25N5OS. The predicted octanol–water partition coefficient (Wildman–Crippen LogP) is 1.74. The normalized spacial score (nSPS) is 26.5. The van der Waals surface area contributed by atoms with E-state index >= 15 is 0 Å². The molecule has 0 spiro atoms. The zero-order valence-corrected chi connectivity index (χ0v) is 14.2. The van der Waals surface area contributed by atoms with E-state index in [9.17, 15) is 4.79 Å². The van der Waals surface area contributed by atoms with Gasteiger partial charge in [-0.25, -0.2) is 0 Å². The minimum atomic E-state index is -0.524. The lowest BCUT2D eigenvalue weighted by Crippen LogP contribution is -2.54. The summed E-state index contributed by atoms with van der Waals surface area (Å²) in [6.07, 6.45) is 5.74. The lowest BCUT2D eigenvalue weighted by molar-refractivity contribution is -0.131. The van der Waals surface area contributed by atoms with Gasteiger partial charge in [-0.1, -0.05) is 17.8 Å². The summed E-state index contributed by atoms with van der Waals surface area (Å²) in [6.45, 7) is 6.22. The van der Waals surface area contributed by atoms with E-state index in [1.54, 1.807) is 0 Å². The molecule has 0 saturated carbocycles. The second-order valence-electron chi connectivity index (χ2n) is 6.91. The van der Waals surface area contributed by atoms with Gasteiger partial charge in [0.2, 0.25) is 11.0 Å². The van der Waals surface area contributed by atoms with Crippen molar-refractivity contribution in [3.05, 3.63) is 5.01 Å². The van der Waals surface area contributed by atoms with Gasteiger partial charge in [0.15, 0.2) is 0 Å². The summed E-state index contributed by atoms with van der Waals surface area (Å²) >= 11 is 1.34. The van der Waals surface area contributed by atoms with Crippen molar-refractivity contribution >= 4 is 22.4 Å². The summed E-state index contributed by atoms with van der Waals surface area (Å²) in [7, 11) is 0. The van der Waals surface area contributed by atoms with Crippen molar-refractivity contribution in [2.24, 2.45) is 5.92 Å². The Kier molecular flexibility index (Phi) is 4.36. The molecule has 3 heterocycles. The number of anilines is 1. The van der Waals surface area contributed by atoms with E-state index in [0.29, 0.717) is 11.2 Å². The molecule has 2 atom stereocenters. The molecule has 1 aromatic heterocycles. The van der Waals surface area contributed by atoms with Crippen molar-refractivity contribution in [2.75, 3.05) is 18.8 Å². The Morgan fingerprint density at radius 2 is 2.05 bits per heavy atom. The molecule has 3 N–H and O–H groups in total. The molecule has 2 saturated heterocycles. The first-order valence-corrected chi connectivity index (χ1v) is 8.94. The number of carbonyl (C=O) groups is 1. The van der Waals surface area contributed by atoms with Crippen LogP contribution in [0.3, 0.4) is 0 Å². The number of piperidine rings is 2. The highest BCUT2D eigenvalue weighted by molar-refractivity contribution is 7.15. The van der Waals surface area contributed by atoms with Crippen molar-refractivity contribution in [2.45, 2.75) is 57.5 Å².